The standard InChI is InChI=1S/C14H9ClIN5S/c15-12-10(21-13-17-5-2-6-18-13)3-1-4-11(12)22-14-19-7-9(16)8-20-14/h1-8H,(H,17,18,21). The zero-order chi connectivity index (χ0) is 15.4. The number of nitrogens with one attached hydrogen (secondary N) is 1. The van der Waals surface area contributed by atoms with E-state index in [-0.39, 0.29) is 0 Å². The molecule has 0 atom stereocenters. The van der Waals surface area contributed by atoms with Gasteiger partial charge in [0.05, 0.1) is 10.7 Å². The summed E-state index contributed by atoms with van der Waals surface area (Å²) in [4.78, 5) is 17.7. The van der Waals surface area contributed by atoms with Crippen LogP contribution in [0, 0.1) is 3.57 Å². The van der Waals surface area contributed by atoms with Crippen LogP contribution in [-0.4, -0.2) is 19.9 Å². The van der Waals surface area contributed by atoms with E-state index in [4.69, 9.17) is 11.6 Å². The van der Waals surface area contributed by atoms with Gasteiger partial charge in [-0.3, -0.25) is 0 Å². The van der Waals surface area contributed by atoms with Crippen LogP contribution in [0.1, 0.15) is 0 Å². The van der Waals surface area contributed by atoms with Crippen LogP contribution in [0.25, 0.3) is 0 Å². The Bertz CT molecular complexity index is 770. The van der Waals surface area contributed by atoms with Gasteiger partial charge in [-0.25, -0.2) is 19.9 Å². The molecular weight excluding hydrogens is 433 g/mol. The van der Waals surface area contributed by atoms with Crippen molar-refractivity contribution in [3.05, 3.63) is 57.6 Å². The third-order valence-corrected chi connectivity index (χ3v) is 4.60. The van der Waals surface area contributed by atoms with E-state index in [2.05, 4.69) is 47.8 Å². The molecule has 3 aromatic rings. The third kappa shape index (κ3) is 3.84. The van der Waals surface area contributed by atoms with Crippen LogP contribution in [-0.2, 0) is 0 Å². The molecule has 3 rings (SSSR count). The van der Waals surface area contributed by atoms with Gasteiger partial charge in [-0.2, -0.15) is 0 Å². The first-order chi connectivity index (χ1) is 10.7. The third-order valence-electron chi connectivity index (χ3n) is 2.57. The van der Waals surface area contributed by atoms with Gasteiger partial charge in [-0.15, -0.1) is 0 Å². The predicted molar refractivity (Wildman–Crippen MR) is 95.6 cm³/mol. The number of hydrogen-bond donors (Lipinski definition) is 1. The highest BCUT2D eigenvalue weighted by molar-refractivity contribution is 14.1. The molecule has 0 aliphatic rings. The van der Waals surface area contributed by atoms with E-state index in [1.54, 1.807) is 30.9 Å². The van der Waals surface area contributed by atoms with E-state index in [0.717, 1.165) is 14.2 Å². The Morgan fingerprint density at radius 1 is 1.00 bits per heavy atom. The van der Waals surface area contributed by atoms with E-state index in [1.807, 2.05) is 18.2 Å². The lowest BCUT2D eigenvalue weighted by Gasteiger charge is -2.09. The normalized spacial score (nSPS) is 10.5. The lowest BCUT2D eigenvalue weighted by molar-refractivity contribution is 0.957. The fraction of sp³-hybridized carbons (Fsp3) is 0. The number of aromatic nitrogens is 4. The molecule has 110 valence electrons. The van der Waals surface area contributed by atoms with Crippen molar-refractivity contribution in [1.82, 2.24) is 19.9 Å². The van der Waals surface area contributed by atoms with Crippen LogP contribution in [0.4, 0.5) is 11.6 Å². The molecule has 0 amide bonds. The van der Waals surface area contributed by atoms with Gasteiger partial charge in [0.25, 0.3) is 0 Å². The second-order valence-corrected chi connectivity index (χ2v) is 6.73. The monoisotopic (exact) mass is 441 g/mol. The Balaban J connectivity index is 1.84. The van der Waals surface area contributed by atoms with Crippen molar-refractivity contribution in [2.45, 2.75) is 10.1 Å². The molecule has 0 fully saturated rings. The summed E-state index contributed by atoms with van der Waals surface area (Å²) in [6.07, 6.45) is 6.87. The van der Waals surface area contributed by atoms with Crippen LogP contribution in [0.5, 0.6) is 0 Å². The Kier molecular flexibility index (Phi) is 5.06. The van der Waals surface area contributed by atoms with Crippen molar-refractivity contribution in [3.8, 4) is 0 Å². The van der Waals surface area contributed by atoms with Crippen molar-refractivity contribution in [1.29, 1.82) is 0 Å². The maximum absolute atomic E-state index is 6.44. The fourth-order valence-electron chi connectivity index (χ4n) is 1.62. The molecule has 0 radical (unpaired) electrons. The highest BCUT2D eigenvalue weighted by atomic mass is 127. The van der Waals surface area contributed by atoms with Crippen molar-refractivity contribution in [2.75, 3.05) is 5.32 Å². The molecule has 5 nitrogen and oxygen atoms in total. The molecule has 0 saturated heterocycles. The summed E-state index contributed by atoms with van der Waals surface area (Å²) in [7, 11) is 0. The molecule has 2 heterocycles. The topological polar surface area (TPSA) is 63.6 Å². The van der Waals surface area contributed by atoms with E-state index in [9.17, 15) is 0 Å². The van der Waals surface area contributed by atoms with E-state index in [1.165, 1.54) is 11.8 Å². The lowest BCUT2D eigenvalue weighted by Crippen LogP contribution is -1.97. The van der Waals surface area contributed by atoms with Gasteiger partial charge in [0.15, 0.2) is 5.16 Å². The van der Waals surface area contributed by atoms with E-state index in [0.29, 0.717) is 16.1 Å². The summed E-state index contributed by atoms with van der Waals surface area (Å²) in [6, 6.07) is 7.46. The lowest BCUT2D eigenvalue weighted by atomic mass is 10.3. The summed E-state index contributed by atoms with van der Waals surface area (Å²) in [5.41, 5.74) is 0.739. The molecule has 0 unspecified atom stereocenters. The van der Waals surface area contributed by atoms with Gasteiger partial charge < -0.3 is 5.32 Å². The average Bonchev–Trinajstić information content (AvgIpc) is 2.54. The number of nitrogens with zero attached hydrogens (tertiary/aromatic N) is 4. The van der Waals surface area contributed by atoms with Crippen molar-refractivity contribution < 1.29 is 0 Å². The summed E-state index contributed by atoms with van der Waals surface area (Å²) >= 11 is 10.0. The largest absolute Gasteiger partial charge is 0.323 e. The van der Waals surface area contributed by atoms with Crippen molar-refractivity contribution in [3.63, 3.8) is 0 Å². The molecule has 0 spiro atoms. The Hall–Kier alpha value is -1.45. The summed E-state index contributed by atoms with van der Waals surface area (Å²) < 4.78 is 0.990. The van der Waals surface area contributed by atoms with E-state index < -0.39 is 0 Å². The molecule has 8 heteroatoms. The average molecular weight is 442 g/mol. The minimum absolute atomic E-state index is 0.497. The minimum atomic E-state index is 0.497. The predicted octanol–water partition coefficient (Wildman–Crippen LogP) is 4.42. The zero-order valence-electron chi connectivity index (χ0n) is 11.1. The van der Waals surface area contributed by atoms with Gasteiger partial charge in [-0.1, -0.05) is 17.7 Å². The van der Waals surface area contributed by atoms with Crippen LogP contribution in [0.15, 0.2) is 59.1 Å². The number of rotatable bonds is 4. The van der Waals surface area contributed by atoms with Crippen LogP contribution < -0.4 is 5.32 Å². The van der Waals surface area contributed by atoms with Crippen LogP contribution >= 0.6 is 46.0 Å². The zero-order valence-corrected chi connectivity index (χ0v) is 14.8. The fourth-order valence-corrected chi connectivity index (χ4v) is 2.94. The maximum Gasteiger partial charge on any atom is 0.227 e. The summed E-state index contributed by atoms with van der Waals surface area (Å²) in [6.45, 7) is 0. The van der Waals surface area contributed by atoms with Crippen LogP contribution in [0.3, 0.4) is 0 Å². The molecule has 1 N–H and O–H groups in total. The first-order valence-corrected chi connectivity index (χ1v) is 8.47. The second kappa shape index (κ2) is 7.21. The number of anilines is 2. The van der Waals surface area contributed by atoms with Crippen molar-refractivity contribution in [2.24, 2.45) is 0 Å². The Morgan fingerprint density at radius 2 is 1.73 bits per heavy atom. The van der Waals surface area contributed by atoms with E-state index >= 15 is 0 Å². The smallest absolute Gasteiger partial charge is 0.227 e. The van der Waals surface area contributed by atoms with Crippen molar-refractivity contribution >= 4 is 57.6 Å². The molecular formula is C14H9ClIN5S. The summed E-state index contributed by atoms with van der Waals surface area (Å²) in [5.74, 6) is 0.497. The quantitative estimate of drug-likeness (QED) is 0.478. The Labute approximate surface area is 150 Å². The van der Waals surface area contributed by atoms with Gasteiger partial charge in [0, 0.05) is 33.3 Å². The molecule has 22 heavy (non-hydrogen) atoms. The van der Waals surface area contributed by atoms with Gasteiger partial charge in [-0.05, 0) is 52.6 Å². The SMILES string of the molecule is Clc1c(Nc2ncccn2)cccc1Sc1ncc(I)cn1. The highest BCUT2D eigenvalue weighted by Gasteiger charge is 2.10. The number of hydrogen-bond acceptors (Lipinski definition) is 6. The Morgan fingerprint density at radius 3 is 2.45 bits per heavy atom. The molecule has 0 aliphatic heterocycles. The molecule has 0 bridgehead atoms. The number of halogens is 2. The second-order valence-electron chi connectivity index (χ2n) is 4.10. The molecule has 0 saturated carbocycles. The van der Waals surface area contributed by atoms with Gasteiger partial charge in [0.2, 0.25) is 5.95 Å². The minimum Gasteiger partial charge on any atom is -0.323 e. The molecule has 1 aromatic carbocycles. The van der Waals surface area contributed by atoms with Crippen LogP contribution in [0.2, 0.25) is 5.02 Å². The summed E-state index contributed by atoms with van der Waals surface area (Å²) in [5, 5.41) is 4.33. The van der Waals surface area contributed by atoms with Gasteiger partial charge >= 0.3 is 0 Å². The first kappa shape index (κ1) is 15.4. The molecule has 2 aromatic heterocycles. The number of benzene rings is 1. The van der Waals surface area contributed by atoms with Gasteiger partial charge in [0.1, 0.15) is 0 Å². The maximum atomic E-state index is 6.44. The molecule has 0 aliphatic carbocycles. The first-order valence-electron chi connectivity index (χ1n) is 6.20. The highest BCUT2D eigenvalue weighted by Crippen LogP contribution is 2.36.